The monoisotopic (exact) mass is 367 g/mol. The first kappa shape index (κ1) is 17.8. The highest BCUT2D eigenvalue weighted by atomic mass is 16.5. The third kappa shape index (κ3) is 3.77. The number of hydrogen-bond acceptors (Lipinski definition) is 6. The molecule has 4 rings (SSSR count). The van der Waals surface area contributed by atoms with Crippen LogP contribution in [0.2, 0.25) is 0 Å². The molecule has 1 saturated heterocycles. The van der Waals surface area contributed by atoms with E-state index in [4.69, 9.17) is 19.2 Å². The van der Waals surface area contributed by atoms with Crippen molar-refractivity contribution in [1.29, 1.82) is 0 Å². The number of benzene rings is 1. The number of piperazine rings is 1. The predicted molar refractivity (Wildman–Crippen MR) is 106 cm³/mol. The van der Waals surface area contributed by atoms with Crippen LogP contribution >= 0.6 is 0 Å². The molecule has 6 heteroatoms. The Labute approximate surface area is 159 Å². The molecule has 0 unspecified atom stereocenters. The topological polar surface area (TPSA) is 62.0 Å². The number of fused-ring (bicyclic) bond motifs is 1. The van der Waals surface area contributed by atoms with Gasteiger partial charge in [-0.15, -0.1) is 0 Å². The molecule has 6 nitrogen and oxygen atoms in total. The van der Waals surface area contributed by atoms with E-state index in [9.17, 15) is 0 Å². The van der Waals surface area contributed by atoms with Crippen LogP contribution in [0.3, 0.4) is 0 Å². The van der Waals surface area contributed by atoms with Gasteiger partial charge in [0, 0.05) is 37.1 Å². The number of rotatable bonds is 6. The molecule has 3 heterocycles. The molecule has 3 aromatic rings. The molecule has 1 N–H and O–H groups in total. The number of aromatic nitrogens is 1. The van der Waals surface area contributed by atoms with E-state index in [0.29, 0.717) is 0 Å². The van der Waals surface area contributed by atoms with Gasteiger partial charge in [-0.05, 0) is 30.8 Å². The lowest BCUT2D eigenvalue weighted by atomic mass is 10.1. The Kier molecular flexibility index (Phi) is 5.27. The molecule has 142 valence electrons. The maximum absolute atomic E-state index is 8.97. The predicted octanol–water partition coefficient (Wildman–Crippen LogP) is 3.01. The number of pyridine rings is 1. The number of aliphatic hydroxyl groups is 1. The van der Waals surface area contributed by atoms with Gasteiger partial charge in [0.15, 0.2) is 11.4 Å². The highest BCUT2D eigenvalue weighted by molar-refractivity contribution is 5.90. The first-order valence-electron chi connectivity index (χ1n) is 9.48. The first-order chi connectivity index (χ1) is 13.3. The van der Waals surface area contributed by atoms with Crippen molar-refractivity contribution in [2.75, 3.05) is 50.8 Å². The zero-order valence-corrected chi connectivity index (χ0v) is 15.6. The lowest BCUT2D eigenvalue weighted by Crippen LogP contribution is -2.46. The van der Waals surface area contributed by atoms with E-state index < -0.39 is 0 Å². The zero-order chi connectivity index (χ0) is 18.6. The Balaban J connectivity index is 1.69. The Morgan fingerprint density at radius 1 is 1.15 bits per heavy atom. The number of ether oxygens (including phenoxy) is 1. The summed E-state index contributed by atoms with van der Waals surface area (Å²) in [6.45, 7) is 7.52. The van der Waals surface area contributed by atoms with Crippen LogP contribution < -0.4 is 9.64 Å². The molecule has 0 amide bonds. The van der Waals surface area contributed by atoms with Gasteiger partial charge in [0.2, 0.25) is 0 Å². The first-order valence-corrected chi connectivity index (χ1v) is 9.48. The van der Waals surface area contributed by atoms with E-state index in [1.807, 2.05) is 30.3 Å². The van der Waals surface area contributed by atoms with Gasteiger partial charge in [-0.1, -0.05) is 19.1 Å². The van der Waals surface area contributed by atoms with Crippen molar-refractivity contribution < 1.29 is 14.3 Å². The maximum Gasteiger partial charge on any atom is 0.176 e. The molecule has 2 aromatic heterocycles. The molecule has 0 atom stereocenters. The molecule has 1 fully saturated rings. The Morgan fingerprint density at radius 3 is 2.78 bits per heavy atom. The van der Waals surface area contributed by atoms with Crippen LogP contribution in [-0.4, -0.2) is 60.9 Å². The van der Waals surface area contributed by atoms with Crippen LogP contribution in [0, 0.1) is 0 Å². The second-order valence-corrected chi connectivity index (χ2v) is 6.69. The lowest BCUT2D eigenvalue weighted by Gasteiger charge is -2.34. The van der Waals surface area contributed by atoms with E-state index in [0.717, 1.165) is 66.5 Å². The quantitative estimate of drug-likeness (QED) is 0.723. The molecule has 1 aliphatic rings. The summed E-state index contributed by atoms with van der Waals surface area (Å²) in [5.41, 5.74) is 2.73. The zero-order valence-electron chi connectivity index (χ0n) is 15.6. The molecule has 1 aromatic carbocycles. The van der Waals surface area contributed by atoms with Crippen molar-refractivity contribution in [1.82, 2.24) is 9.88 Å². The summed E-state index contributed by atoms with van der Waals surface area (Å²) in [5.74, 6) is 1.64. The standard InChI is InChI=1S/C21H25N3O3/c1-2-23-7-9-24(10-8-23)21-20-17(6-12-27-20)15-19(22-21)16-4-3-5-18(14-16)26-13-11-25/h3-6,12,14-15,25H,2,7-11,13H2,1H3. The minimum atomic E-state index is -0.00264. The third-order valence-electron chi connectivity index (χ3n) is 5.03. The number of aliphatic hydroxyl groups excluding tert-OH is 1. The van der Waals surface area contributed by atoms with Crippen LogP contribution in [0.1, 0.15) is 6.92 Å². The minimum Gasteiger partial charge on any atom is -0.491 e. The van der Waals surface area contributed by atoms with Gasteiger partial charge in [-0.3, -0.25) is 0 Å². The van der Waals surface area contributed by atoms with E-state index in [1.165, 1.54) is 0 Å². The van der Waals surface area contributed by atoms with Crippen molar-refractivity contribution in [2.24, 2.45) is 0 Å². The number of anilines is 1. The second-order valence-electron chi connectivity index (χ2n) is 6.69. The second kappa shape index (κ2) is 7.98. The Hall–Kier alpha value is -2.57. The molecular formula is C21H25N3O3. The van der Waals surface area contributed by atoms with Crippen molar-refractivity contribution in [3.8, 4) is 17.0 Å². The van der Waals surface area contributed by atoms with Crippen molar-refractivity contribution in [2.45, 2.75) is 6.92 Å². The number of likely N-dealkylation sites (N-methyl/N-ethyl adjacent to an activating group) is 1. The van der Waals surface area contributed by atoms with Gasteiger partial charge in [0.25, 0.3) is 0 Å². The molecular weight excluding hydrogens is 342 g/mol. The molecule has 0 bridgehead atoms. The summed E-state index contributed by atoms with van der Waals surface area (Å²) >= 11 is 0. The summed E-state index contributed by atoms with van der Waals surface area (Å²) in [7, 11) is 0. The number of furan rings is 1. The van der Waals surface area contributed by atoms with Crippen LogP contribution in [0.15, 0.2) is 47.1 Å². The third-order valence-corrected chi connectivity index (χ3v) is 5.03. The lowest BCUT2D eigenvalue weighted by molar-refractivity contribution is 0.201. The fourth-order valence-electron chi connectivity index (χ4n) is 3.51. The summed E-state index contributed by atoms with van der Waals surface area (Å²) < 4.78 is 11.3. The van der Waals surface area contributed by atoms with Gasteiger partial charge in [-0.2, -0.15) is 0 Å². The van der Waals surface area contributed by atoms with Crippen LogP contribution in [0.4, 0.5) is 5.82 Å². The molecule has 0 saturated carbocycles. The fraction of sp³-hybridized carbons (Fsp3) is 0.381. The van der Waals surface area contributed by atoms with E-state index >= 15 is 0 Å². The van der Waals surface area contributed by atoms with Crippen molar-refractivity contribution >= 4 is 16.8 Å². The Morgan fingerprint density at radius 2 is 2.00 bits per heavy atom. The van der Waals surface area contributed by atoms with Crippen LogP contribution in [0.25, 0.3) is 22.2 Å². The van der Waals surface area contributed by atoms with Crippen LogP contribution in [-0.2, 0) is 0 Å². The summed E-state index contributed by atoms with van der Waals surface area (Å²) in [5, 5.41) is 10.0. The normalized spacial score (nSPS) is 15.4. The van der Waals surface area contributed by atoms with Crippen molar-refractivity contribution in [3.05, 3.63) is 42.7 Å². The SMILES string of the molecule is CCN1CCN(c2nc(-c3cccc(OCCO)c3)cc3ccoc23)CC1. The fourth-order valence-corrected chi connectivity index (χ4v) is 3.51. The number of hydrogen-bond donors (Lipinski definition) is 1. The highest BCUT2D eigenvalue weighted by Gasteiger charge is 2.21. The molecule has 0 radical (unpaired) electrons. The smallest absolute Gasteiger partial charge is 0.176 e. The largest absolute Gasteiger partial charge is 0.491 e. The van der Waals surface area contributed by atoms with E-state index in [-0.39, 0.29) is 13.2 Å². The number of nitrogens with zero attached hydrogens (tertiary/aromatic N) is 3. The molecule has 27 heavy (non-hydrogen) atoms. The van der Waals surface area contributed by atoms with E-state index in [2.05, 4.69) is 22.8 Å². The van der Waals surface area contributed by atoms with Crippen LogP contribution in [0.5, 0.6) is 5.75 Å². The molecule has 0 aliphatic carbocycles. The molecule has 0 spiro atoms. The average molecular weight is 367 g/mol. The van der Waals surface area contributed by atoms with Gasteiger partial charge in [-0.25, -0.2) is 4.98 Å². The average Bonchev–Trinajstić information content (AvgIpc) is 3.20. The van der Waals surface area contributed by atoms with E-state index in [1.54, 1.807) is 6.26 Å². The summed E-state index contributed by atoms with van der Waals surface area (Å²) in [4.78, 5) is 9.71. The maximum atomic E-state index is 8.97. The van der Waals surface area contributed by atoms with Gasteiger partial charge in [0.05, 0.1) is 18.6 Å². The Bertz CT molecular complexity index is 901. The van der Waals surface area contributed by atoms with Crippen molar-refractivity contribution in [3.63, 3.8) is 0 Å². The summed E-state index contributed by atoms with van der Waals surface area (Å²) in [6.07, 6.45) is 1.72. The van der Waals surface area contributed by atoms with Gasteiger partial charge in [0.1, 0.15) is 12.4 Å². The van der Waals surface area contributed by atoms with Gasteiger partial charge >= 0.3 is 0 Å². The minimum absolute atomic E-state index is 0.00264. The summed E-state index contributed by atoms with van der Waals surface area (Å²) in [6, 6.07) is 11.9. The highest BCUT2D eigenvalue weighted by Crippen LogP contribution is 2.32. The van der Waals surface area contributed by atoms with Gasteiger partial charge < -0.3 is 24.1 Å². The molecule has 1 aliphatic heterocycles.